The van der Waals surface area contributed by atoms with Crippen molar-refractivity contribution in [2.24, 2.45) is 0 Å². The minimum absolute atomic E-state index is 0.0849. The van der Waals surface area contributed by atoms with E-state index in [0.717, 1.165) is 6.42 Å². The van der Waals surface area contributed by atoms with E-state index >= 15 is 0 Å². The number of pyridine rings is 1. The molecule has 0 saturated heterocycles. The highest BCUT2D eigenvalue weighted by molar-refractivity contribution is 9.10. The summed E-state index contributed by atoms with van der Waals surface area (Å²) in [5.41, 5.74) is -0.746. The molecule has 1 saturated carbocycles. The molecule has 0 aromatic carbocycles. The maximum atomic E-state index is 12.2. The monoisotopic (exact) mass is 354 g/mol. The van der Waals surface area contributed by atoms with Crippen LogP contribution in [0.2, 0.25) is 5.15 Å². The number of aromatic nitrogens is 1. The fraction of sp³-hybridized carbons (Fsp3) is 0.500. The molecule has 0 bridgehead atoms. The summed E-state index contributed by atoms with van der Waals surface area (Å²) in [7, 11) is -3.78. The standard InChI is InChI=1S/C10H12BrClN2O3S/c11-7-4-8(9(12)13-5-7)18(16,17)14-10(6-15)2-1-3-10/h4-5,14-15H,1-3,6H2. The molecule has 2 rings (SSSR count). The van der Waals surface area contributed by atoms with Gasteiger partial charge in [0.1, 0.15) is 10.0 Å². The first kappa shape index (κ1) is 14.2. The number of hydrogen-bond acceptors (Lipinski definition) is 4. The predicted octanol–water partition coefficient (Wildman–Crippen LogP) is 1.69. The number of halogens is 2. The van der Waals surface area contributed by atoms with Crippen molar-refractivity contribution in [1.82, 2.24) is 9.71 Å². The van der Waals surface area contributed by atoms with Crippen LogP contribution in [0.3, 0.4) is 0 Å². The van der Waals surface area contributed by atoms with Gasteiger partial charge in [0.25, 0.3) is 0 Å². The van der Waals surface area contributed by atoms with E-state index in [1.54, 1.807) is 0 Å². The van der Waals surface area contributed by atoms with E-state index in [1.165, 1.54) is 12.3 Å². The van der Waals surface area contributed by atoms with Gasteiger partial charge in [-0.15, -0.1) is 0 Å². The predicted molar refractivity (Wildman–Crippen MR) is 70.9 cm³/mol. The smallest absolute Gasteiger partial charge is 0.244 e. The Kier molecular flexibility index (Phi) is 3.99. The number of rotatable bonds is 4. The van der Waals surface area contributed by atoms with Crippen LogP contribution in [0.25, 0.3) is 0 Å². The zero-order valence-corrected chi connectivity index (χ0v) is 12.5. The highest BCUT2D eigenvalue weighted by Crippen LogP contribution is 2.34. The van der Waals surface area contributed by atoms with Crippen LogP contribution >= 0.6 is 27.5 Å². The van der Waals surface area contributed by atoms with Gasteiger partial charge in [0.2, 0.25) is 10.0 Å². The Balaban J connectivity index is 2.33. The number of nitrogens with one attached hydrogen (secondary N) is 1. The summed E-state index contributed by atoms with van der Waals surface area (Å²) in [6.07, 6.45) is 3.57. The normalized spacial score (nSPS) is 18.4. The second kappa shape index (κ2) is 5.05. The molecule has 1 aliphatic rings. The molecule has 5 nitrogen and oxygen atoms in total. The zero-order valence-electron chi connectivity index (χ0n) is 9.36. The molecular weight excluding hydrogens is 344 g/mol. The Morgan fingerprint density at radius 3 is 2.72 bits per heavy atom. The van der Waals surface area contributed by atoms with Crippen LogP contribution in [-0.4, -0.2) is 30.7 Å². The van der Waals surface area contributed by atoms with Crippen molar-refractivity contribution in [3.8, 4) is 0 Å². The maximum Gasteiger partial charge on any atom is 0.244 e. The van der Waals surface area contributed by atoms with E-state index in [0.29, 0.717) is 17.3 Å². The number of nitrogens with zero attached hydrogens (tertiary/aromatic N) is 1. The van der Waals surface area contributed by atoms with Crippen LogP contribution in [-0.2, 0) is 10.0 Å². The molecule has 0 unspecified atom stereocenters. The molecule has 1 aliphatic carbocycles. The van der Waals surface area contributed by atoms with E-state index in [-0.39, 0.29) is 16.7 Å². The van der Waals surface area contributed by atoms with Gasteiger partial charge in [0.05, 0.1) is 12.1 Å². The van der Waals surface area contributed by atoms with Gasteiger partial charge in [-0.1, -0.05) is 11.6 Å². The van der Waals surface area contributed by atoms with Gasteiger partial charge in [-0.05, 0) is 41.3 Å². The van der Waals surface area contributed by atoms with E-state index in [4.69, 9.17) is 11.6 Å². The summed E-state index contributed by atoms with van der Waals surface area (Å²) in [4.78, 5) is 3.70. The van der Waals surface area contributed by atoms with Gasteiger partial charge in [0, 0.05) is 10.7 Å². The molecule has 0 spiro atoms. The molecule has 1 heterocycles. The molecular formula is C10H12BrClN2O3S. The third-order valence-corrected chi connectivity index (χ3v) is 5.47. The van der Waals surface area contributed by atoms with Gasteiger partial charge in [-0.3, -0.25) is 0 Å². The Morgan fingerprint density at radius 1 is 1.56 bits per heavy atom. The summed E-state index contributed by atoms with van der Waals surface area (Å²) in [5, 5.41) is 9.20. The lowest BCUT2D eigenvalue weighted by Gasteiger charge is -2.40. The molecule has 1 fully saturated rings. The summed E-state index contributed by atoms with van der Waals surface area (Å²) in [6, 6.07) is 1.39. The zero-order chi connectivity index (χ0) is 13.4. The minimum atomic E-state index is -3.78. The molecule has 18 heavy (non-hydrogen) atoms. The Labute approximate surface area is 119 Å². The summed E-state index contributed by atoms with van der Waals surface area (Å²) in [6.45, 7) is -0.217. The first-order chi connectivity index (χ1) is 8.38. The lowest BCUT2D eigenvalue weighted by Crippen LogP contribution is -2.56. The third kappa shape index (κ3) is 2.70. The van der Waals surface area contributed by atoms with E-state index in [2.05, 4.69) is 25.6 Å². The largest absolute Gasteiger partial charge is 0.394 e. The van der Waals surface area contributed by atoms with Crippen molar-refractivity contribution in [1.29, 1.82) is 0 Å². The molecule has 100 valence electrons. The molecule has 1 aromatic rings. The maximum absolute atomic E-state index is 12.2. The van der Waals surface area contributed by atoms with Gasteiger partial charge >= 0.3 is 0 Å². The van der Waals surface area contributed by atoms with Crippen molar-refractivity contribution in [2.45, 2.75) is 29.7 Å². The quantitative estimate of drug-likeness (QED) is 0.806. The molecule has 0 atom stereocenters. The van der Waals surface area contributed by atoms with Gasteiger partial charge in [-0.25, -0.2) is 18.1 Å². The summed E-state index contributed by atoms with van der Waals surface area (Å²) in [5.74, 6) is 0. The van der Waals surface area contributed by atoms with Crippen molar-refractivity contribution < 1.29 is 13.5 Å². The van der Waals surface area contributed by atoms with Crippen LogP contribution in [0.5, 0.6) is 0 Å². The average Bonchev–Trinajstić information content (AvgIpc) is 2.27. The summed E-state index contributed by atoms with van der Waals surface area (Å²) >= 11 is 8.95. The number of aliphatic hydroxyl groups excluding tert-OH is 1. The molecule has 1 aromatic heterocycles. The van der Waals surface area contributed by atoms with Crippen LogP contribution in [0.1, 0.15) is 19.3 Å². The van der Waals surface area contributed by atoms with Gasteiger partial charge in [0.15, 0.2) is 0 Å². The topological polar surface area (TPSA) is 79.3 Å². The van der Waals surface area contributed by atoms with Crippen molar-refractivity contribution in [3.63, 3.8) is 0 Å². The highest BCUT2D eigenvalue weighted by atomic mass is 79.9. The fourth-order valence-electron chi connectivity index (χ4n) is 1.83. The van der Waals surface area contributed by atoms with Crippen molar-refractivity contribution in [3.05, 3.63) is 21.9 Å². The number of sulfonamides is 1. The second-order valence-electron chi connectivity index (χ2n) is 4.34. The average molecular weight is 356 g/mol. The molecule has 0 amide bonds. The molecule has 0 radical (unpaired) electrons. The van der Waals surface area contributed by atoms with E-state index < -0.39 is 15.6 Å². The summed E-state index contributed by atoms with van der Waals surface area (Å²) < 4.78 is 27.5. The minimum Gasteiger partial charge on any atom is -0.394 e. The van der Waals surface area contributed by atoms with E-state index in [1.807, 2.05) is 0 Å². The van der Waals surface area contributed by atoms with Crippen molar-refractivity contribution in [2.75, 3.05) is 6.61 Å². The van der Waals surface area contributed by atoms with E-state index in [9.17, 15) is 13.5 Å². The third-order valence-electron chi connectivity index (χ3n) is 3.03. The number of aliphatic hydroxyl groups is 1. The molecule has 0 aliphatic heterocycles. The van der Waals surface area contributed by atoms with Gasteiger partial charge in [-0.2, -0.15) is 0 Å². The van der Waals surface area contributed by atoms with Crippen LogP contribution < -0.4 is 4.72 Å². The van der Waals surface area contributed by atoms with Crippen LogP contribution in [0, 0.1) is 0 Å². The fourth-order valence-corrected chi connectivity index (χ4v) is 4.22. The van der Waals surface area contributed by atoms with Crippen LogP contribution in [0.15, 0.2) is 21.6 Å². The first-order valence-corrected chi connectivity index (χ1v) is 8.00. The lowest BCUT2D eigenvalue weighted by molar-refractivity contribution is 0.110. The molecule has 8 heteroatoms. The van der Waals surface area contributed by atoms with Crippen molar-refractivity contribution >= 4 is 37.6 Å². The number of hydrogen-bond donors (Lipinski definition) is 2. The molecule has 2 N–H and O–H groups in total. The SMILES string of the molecule is O=S(=O)(NC1(CO)CCC1)c1cc(Br)cnc1Cl. The Hall–Kier alpha value is -0.210. The second-order valence-corrected chi connectivity index (χ2v) is 7.26. The highest BCUT2D eigenvalue weighted by Gasteiger charge is 2.40. The first-order valence-electron chi connectivity index (χ1n) is 5.34. The Morgan fingerprint density at radius 2 is 2.22 bits per heavy atom. The Bertz CT molecular complexity index is 555. The van der Waals surface area contributed by atoms with Crippen LogP contribution in [0.4, 0.5) is 0 Å². The lowest BCUT2D eigenvalue weighted by atomic mass is 9.78. The van der Waals surface area contributed by atoms with Gasteiger partial charge < -0.3 is 5.11 Å².